The van der Waals surface area contributed by atoms with Crippen LogP contribution in [0.1, 0.15) is 16.1 Å². The molecule has 0 unspecified atom stereocenters. The van der Waals surface area contributed by atoms with Crippen LogP contribution in [0.15, 0.2) is 51.8 Å². The Hall–Kier alpha value is -3.42. The minimum Gasteiger partial charge on any atom is -0.469 e. The van der Waals surface area contributed by atoms with E-state index in [-0.39, 0.29) is 18.4 Å². The highest BCUT2D eigenvalue weighted by atomic mass is 16.4. The number of hydrogen-bond donors (Lipinski definition) is 2. The van der Waals surface area contributed by atoms with Crippen molar-refractivity contribution in [3.8, 4) is 11.5 Å². The van der Waals surface area contributed by atoms with E-state index in [2.05, 4.69) is 20.8 Å². The molecule has 0 radical (unpaired) electrons. The highest BCUT2D eigenvalue weighted by molar-refractivity contribution is 5.99. The van der Waals surface area contributed by atoms with Crippen LogP contribution in [0, 0.1) is 6.92 Å². The molecule has 122 valence electrons. The van der Waals surface area contributed by atoms with Gasteiger partial charge in [-0.05, 0) is 31.2 Å². The average molecular weight is 326 g/mol. The van der Waals surface area contributed by atoms with Gasteiger partial charge >= 0.3 is 0 Å². The summed E-state index contributed by atoms with van der Waals surface area (Å²) >= 11 is 0. The van der Waals surface area contributed by atoms with E-state index in [4.69, 9.17) is 8.83 Å². The third-order valence-corrected chi connectivity index (χ3v) is 3.27. The molecule has 24 heavy (non-hydrogen) atoms. The fourth-order valence-corrected chi connectivity index (χ4v) is 2.11. The summed E-state index contributed by atoms with van der Waals surface area (Å²) in [6.45, 7) is 1.52. The first-order chi connectivity index (χ1) is 11.6. The predicted molar refractivity (Wildman–Crippen MR) is 84.1 cm³/mol. The maximum absolute atomic E-state index is 12.0. The minimum absolute atomic E-state index is 0.158. The summed E-state index contributed by atoms with van der Waals surface area (Å²) in [4.78, 5) is 23.9. The van der Waals surface area contributed by atoms with Crippen molar-refractivity contribution in [3.63, 3.8) is 0 Å². The molecule has 2 heterocycles. The van der Waals surface area contributed by atoms with Crippen molar-refractivity contribution in [3.05, 3.63) is 54.3 Å². The second kappa shape index (κ2) is 6.78. The molecule has 0 atom stereocenters. The molecular weight excluding hydrogens is 312 g/mol. The van der Waals surface area contributed by atoms with Gasteiger partial charge in [-0.3, -0.25) is 9.59 Å². The van der Waals surface area contributed by atoms with Crippen LogP contribution >= 0.6 is 0 Å². The zero-order chi connectivity index (χ0) is 16.9. The number of rotatable bonds is 5. The zero-order valence-electron chi connectivity index (χ0n) is 12.8. The lowest BCUT2D eigenvalue weighted by Gasteiger charge is -2.07. The van der Waals surface area contributed by atoms with Gasteiger partial charge in [-0.2, -0.15) is 0 Å². The van der Waals surface area contributed by atoms with Crippen molar-refractivity contribution in [2.24, 2.45) is 0 Å². The Balaban J connectivity index is 1.58. The van der Waals surface area contributed by atoms with E-state index in [1.54, 1.807) is 37.3 Å². The van der Waals surface area contributed by atoms with E-state index in [1.165, 1.54) is 12.7 Å². The molecule has 0 aliphatic carbocycles. The van der Waals surface area contributed by atoms with Crippen molar-refractivity contribution in [1.29, 1.82) is 0 Å². The van der Waals surface area contributed by atoms with Crippen LogP contribution in [0.5, 0.6) is 0 Å². The van der Waals surface area contributed by atoms with E-state index in [0.29, 0.717) is 28.5 Å². The lowest BCUT2D eigenvalue weighted by Crippen LogP contribution is -2.32. The molecule has 0 saturated carbocycles. The Labute approximate surface area is 136 Å². The highest BCUT2D eigenvalue weighted by Crippen LogP contribution is 2.20. The molecule has 2 N–H and O–H groups in total. The molecule has 0 aliphatic rings. The number of carbonyl (C=O) groups is 2. The monoisotopic (exact) mass is 326 g/mol. The van der Waals surface area contributed by atoms with Gasteiger partial charge < -0.3 is 19.5 Å². The van der Waals surface area contributed by atoms with Gasteiger partial charge in [0.05, 0.1) is 18.4 Å². The van der Waals surface area contributed by atoms with E-state index in [9.17, 15) is 9.59 Å². The van der Waals surface area contributed by atoms with Gasteiger partial charge in [-0.15, -0.1) is 10.2 Å². The molecule has 0 bridgehead atoms. The second-order valence-electron chi connectivity index (χ2n) is 4.95. The Morgan fingerprint density at radius 2 is 2.08 bits per heavy atom. The van der Waals surface area contributed by atoms with Gasteiger partial charge in [0.15, 0.2) is 0 Å². The number of aryl methyl sites for hydroxylation is 1. The van der Waals surface area contributed by atoms with Crippen LogP contribution in [-0.4, -0.2) is 28.6 Å². The first-order valence-corrected chi connectivity index (χ1v) is 7.12. The van der Waals surface area contributed by atoms with Crippen LogP contribution in [0.3, 0.4) is 0 Å². The standard InChI is InChI=1S/C16H14N4O4/c1-10-13(5-6-23-10)15(22)17-8-14(21)19-12-4-2-3-11(7-12)16-20-18-9-24-16/h2-7,9H,8H2,1H3,(H,17,22)(H,19,21). The summed E-state index contributed by atoms with van der Waals surface area (Å²) in [7, 11) is 0. The number of benzene rings is 1. The summed E-state index contributed by atoms with van der Waals surface area (Å²) in [5.74, 6) is 0.137. The van der Waals surface area contributed by atoms with Crippen LogP contribution < -0.4 is 10.6 Å². The summed E-state index contributed by atoms with van der Waals surface area (Å²) in [6, 6.07) is 8.51. The van der Waals surface area contributed by atoms with Crippen molar-refractivity contribution >= 4 is 17.5 Å². The summed E-state index contributed by atoms with van der Waals surface area (Å²) < 4.78 is 10.2. The van der Waals surface area contributed by atoms with Crippen LogP contribution in [0.2, 0.25) is 0 Å². The number of nitrogens with zero attached hydrogens (tertiary/aromatic N) is 2. The number of aromatic nitrogens is 2. The maximum atomic E-state index is 12.0. The molecule has 0 aliphatic heterocycles. The lowest BCUT2D eigenvalue weighted by atomic mass is 10.2. The number of hydrogen-bond acceptors (Lipinski definition) is 6. The van der Waals surface area contributed by atoms with Gasteiger partial charge in [-0.25, -0.2) is 0 Å². The third kappa shape index (κ3) is 3.49. The lowest BCUT2D eigenvalue weighted by molar-refractivity contribution is -0.115. The molecule has 8 nitrogen and oxygen atoms in total. The Morgan fingerprint density at radius 3 is 2.79 bits per heavy atom. The summed E-state index contributed by atoms with van der Waals surface area (Å²) in [5.41, 5.74) is 1.65. The SMILES string of the molecule is Cc1occc1C(=O)NCC(=O)Nc1cccc(-c2nnco2)c1. The zero-order valence-corrected chi connectivity index (χ0v) is 12.8. The topological polar surface area (TPSA) is 110 Å². The molecule has 3 rings (SSSR count). The van der Waals surface area contributed by atoms with Gasteiger partial charge in [0, 0.05) is 11.3 Å². The molecule has 2 amide bonds. The van der Waals surface area contributed by atoms with Gasteiger partial charge in [-0.1, -0.05) is 6.07 Å². The summed E-state index contributed by atoms with van der Waals surface area (Å²) in [6.07, 6.45) is 2.65. The van der Waals surface area contributed by atoms with E-state index < -0.39 is 0 Å². The Morgan fingerprint density at radius 1 is 1.21 bits per heavy atom. The van der Waals surface area contributed by atoms with Crippen molar-refractivity contribution < 1.29 is 18.4 Å². The smallest absolute Gasteiger partial charge is 0.255 e. The van der Waals surface area contributed by atoms with E-state index >= 15 is 0 Å². The second-order valence-corrected chi connectivity index (χ2v) is 4.95. The molecule has 3 aromatic rings. The molecule has 0 saturated heterocycles. The van der Waals surface area contributed by atoms with Gasteiger partial charge in [0.25, 0.3) is 5.91 Å². The maximum Gasteiger partial charge on any atom is 0.255 e. The molecule has 0 spiro atoms. The average Bonchev–Trinajstić information content (AvgIpc) is 3.24. The number of nitrogens with one attached hydrogen (secondary N) is 2. The molecule has 1 aromatic carbocycles. The normalized spacial score (nSPS) is 10.4. The molecule has 8 heteroatoms. The largest absolute Gasteiger partial charge is 0.469 e. The van der Waals surface area contributed by atoms with Crippen LogP contribution in [-0.2, 0) is 4.79 Å². The Kier molecular flexibility index (Phi) is 4.37. The summed E-state index contributed by atoms with van der Waals surface area (Å²) in [5, 5.41) is 12.6. The Bertz CT molecular complexity index is 855. The number of amides is 2. The van der Waals surface area contributed by atoms with Gasteiger partial charge in [0.2, 0.25) is 18.2 Å². The molecule has 0 fully saturated rings. The number of furan rings is 1. The molecule has 2 aromatic heterocycles. The van der Waals surface area contributed by atoms with Crippen LogP contribution in [0.25, 0.3) is 11.5 Å². The first-order valence-electron chi connectivity index (χ1n) is 7.12. The predicted octanol–water partition coefficient (Wildman–Crippen LogP) is 2.01. The quantitative estimate of drug-likeness (QED) is 0.742. The molecular formula is C16H14N4O4. The van der Waals surface area contributed by atoms with Crippen molar-refractivity contribution in [2.45, 2.75) is 6.92 Å². The minimum atomic E-state index is -0.365. The fraction of sp³-hybridized carbons (Fsp3) is 0.125. The number of anilines is 1. The van der Waals surface area contributed by atoms with Gasteiger partial charge in [0.1, 0.15) is 5.76 Å². The third-order valence-electron chi connectivity index (χ3n) is 3.27. The van der Waals surface area contributed by atoms with Crippen molar-refractivity contribution in [1.82, 2.24) is 15.5 Å². The first kappa shape index (κ1) is 15.5. The fourth-order valence-electron chi connectivity index (χ4n) is 2.11. The highest BCUT2D eigenvalue weighted by Gasteiger charge is 2.13. The number of carbonyl (C=O) groups excluding carboxylic acids is 2. The van der Waals surface area contributed by atoms with Crippen molar-refractivity contribution in [2.75, 3.05) is 11.9 Å². The van der Waals surface area contributed by atoms with E-state index in [1.807, 2.05) is 0 Å². The van der Waals surface area contributed by atoms with E-state index in [0.717, 1.165) is 0 Å². The van der Waals surface area contributed by atoms with Crippen LogP contribution in [0.4, 0.5) is 5.69 Å².